The molecule has 21 heavy (non-hydrogen) atoms. The van der Waals surface area contributed by atoms with Crippen molar-refractivity contribution >= 4 is 18.0 Å². The first kappa shape index (κ1) is 17.0. The summed E-state index contributed by atoms with van der Waals surface area (Å²) in [6.07, 6.45) is 2.59. The molecule has 0 radical (unpaired) electrons. The number of hydrogen-bond donors (Lipinski definition) is 1. The Kier molecular flexibility index (Phi) is 5.70. The maximum absolute atomic E-state index is 12.6. The van der Waals surface area contributed by atoms with E-state index in [0.717, 1.165) is 17.2 Å². The molecule has 1 rings (SSSR count). The molecular weight excluding hydrogens is 266 g/mol. The van der Waals surface area contributed by atoms with E-state index in [1.54, 1.807) is 30.1 Å². The summed E-state index contributed by atoms with van der Waals surface area (Å²) < 4.78 is 0. The number of carboxylic acids is 1. The van der Waals surface area contributed by atoms with Crippen molar-refractivity contribution < 1.29 is 14.7 Å². The van der Waals surface area contributed by atoms with Crippen LogP contribution in [0.15, 0.2) is 24.3 Å². The van der Waals surface area contributed by atoms with Gasteiger partial charge in [0, 0.05) is 24.7 Å². The molecule has 1 amide bonds. The van der Waals surface area contributed by atoms with E-state index < -0.39 is 5.97 Å². The van der Waals surface area contributed by atoms with Crippen LogP contribution in [0, 0.1) is 12.8 Å². The molecule has 0 aliphatic rings. The molecule has 0 fully saturated rings. The fourth-order valence-corrected chi connectivity index (χ4v) is 2.05. The van der Waals surface area contributed by atoms with E-state index in [9.17, 15) is 9.59 Å². The number of rotatable bonds is 5. The summed E-state index contributed by atoms with van der Waals surface area (Å²) in [6.45, 7) is 8.01. The molecule has 1 aromatic carbocycles. The minimum atomic E-state index is -1.00. The third-order valence-corrected chi connectivity index (χ3v) is 3.91. The van der Waals surface area contributed by atoms with Gasteiger partial charge >= 0.3 is 5.97 Å². The van der Waals surface area contributed by atoms with E-state index in [1.165, 1.54) is 6.08 Å². The van der Waals surface area contributed by atoms with Gasteiger partial charge in [-0.2, -0.15) is 0 Å². The maximum atomic E-state index is 12.6. The zero-order valence-corrected chi connectivity index (χ0v) is 13.3. The van der Waals surface area contributed by atoms with E-state index >= 15 is 0 Å². The molecule has 1 aromatic rings. The molecule has 0 aliphatic carbocycles. The first-order valence-corrected chi connectivity index (χ1v) is 7.03. The standard InChI is InChI=1S/C17H23NO3/c1-11(2)13(4)18(5)17(21)15-8-6-7-14(12(15)3)9-10-16(19)20/h6-11,13H,1-5H3,(H,19,20). The van der Waals surface area contributed by atoms with E-state index in [2.05, 4.69) is 13.8 Å². The normalized spacial score (nSPS) is 12.7. The second kappa shape index (κ2) is 7.07. The zero-order valence-electron chi connectivity index (χ0n) is 13.3. The molecule has 0 heterocycles. The Morgan fingerprint density at radius 3 is 2.38 bits per heavy atom. The molecule has 0 saturated heterocycles. The first-order chi connectivity index (χ1) is 9.75. The van der Waals surface area contributed by atoms with Crippen LogP contribution >= 0.6 is 0 Å². The second-order valence-corrected chi connectivity index (χ2v) is 5.59. The van der Waals surface area contributed by atoms with Crippen LogP contribution in [0.1, 0.15) is 42.3 Å². The Labute approximate surface area is 126 Å². The van der Waals surface area contributed by atoms with Crippen LogP contribution in [0.4, 0.5) is 0 Å². The van der Waals surface area contributed by atoms with Gasteiger partial charge < -0.3 is 10.0 Å². The highest BCUT2D eigenvalue weighted by atomic mass is 16.4. The van der Waals surface area contributed by atoms with Crippen LogP contribution in [-0.2, 0) is 4.79 Å². The predicted octanol–water partition coefficient (Wildman–Crippen LogP) is 3.21. The van der Waals surface area contributed by atoms with Gasteiger partial charge in [-0.15, -0.1) is 0 Å². The van der Waals surface area contributed by atoms with Gasteiger partial charge in [0.25, 0.3) is 5.91 Å². The summed E-state index contributed by atoms with van der Waals surface area (Å²) in [7, 11) is 1.80. The molecule has 0 bridgehead atoms. The maximum Gasteiger partial charge on any atom is 0.328 e. The number of aliphatic carboxylic acids is 1. The first-order valence-electron chi connectivity index (χ1n) is 7.03. The van der Waals surface area contributed by atoms with Crippen molar-refractivity contribution in [2.75, 3.05) is 7.05 Å². The average molecular weight is 289 g/mol. The number of carbonyl (C=O) groups is 2. The molecule has 0 aliphatic heterocycles. The quantitative estimate of drug-likeness (QED) is 0.847. The van der Waals surface area contributed by atoms with Crippen LogP contribution in [0.5, 0.6) is 0 Å². The lowest BCUT2D eigenvalue weighted by Gasteiger charge is -2.28. The molecule has 1 N–H and O–H groups in total. The highest BCUT2D eigenvalue weighted by Crippen LogP contribution is 2.19. The molecule has 0 aromatic heterocycles. The minimum Gasteiger partial charge on any atom is -0.478 e. The lowest BCUT2D eigenvalue weighted by Crippen LogP contribution is -2.38. The lowest BCUT2D eigenvalue weighted by atomic mass is 9.99. The molecule has 1 atom stereocenters. The Morgan fingerprint density at radius 2 is 1.86 bits per heavy atom. The van der Waals surface area contributed by atoms with Gasteiger partial charge in [0.2, 0.25) is 0 Å². The van der Waals surface area contributed by atoms with Crippen molar-refractivity contribution in [2.45, 2.75) is 33.7 Å². The molecule has 0 saturated carbocycles. The van der Waals surface area contributed by atoms with Crippen LogP contribution in [0.2, 0.25) is 0 Å². The molecule has 114 valence electrons. The largest absolute Gasteiger partial charge is 0.478 e. The van der Waals surface area contributed by atoms with Crippen molar-refractivity contribution in [1.82, 2.24) is 4.90 Å². The van der Waals surface area contributed by atoms with Crippen LogP contribution < -0.4 is 0 Å². The van der Waals surface area contributed by atoms with Gasteiger partial charge in [0.05, 0.1) is 0 Å². The van der Waals surface area contributed by atoms with Crippen molar-refractivity contribution in [3.05, 3.63) is 41.0 Å². The number of carboxylic acid groups (broad SMARTS) is 1. The summed E-state index contributed by atoms with van der Waals surface area (Å²) >= 11 is 0. The van der Waals surface area contributed by atoms with Crippen molar-refractivity contribution in [3.63, 3.8) is 0 Å². The lowest BCUT2D eigenvalue weighted by molar-refractivity contribution is -0.131. The van der Waals surface area contributed by atoms with Crippen LogP contribution in [-0.4, -0.2) is 35.0 Å². The predicted molar refractivity (Wildman–Crippen MR) is 84.2 cm³/mol. The molecule has 1 unspecified atom stereocenters. The van der Waals surface area contributed by atoms with Crippen molar-refractivity contribution in [1.29, 1.82) is 0 Å². The van der Waals surface area contributed by atoms with E-state index in [-0.39, 0.29) is 11.9 Å². The molecule has 4 heteroatoms. The van der Waals surface area contributed by atoms with Gasteiger partial charge in [-0.05, 0) is 43.0 Å². The van der Waals surface area contributed by atoms with Gasteiger partial charge in [-0.25, -0.2) is 4.79 Å². The number of benzene rings is 1. The van der Waals surface area contributed by atoms with Crippen LogP contribution in [0.25, 0.3) is 6.08 Å². The Balaban J connectivity index is 3.11. The Hall–Kier alpha value is -2.10. The fourth-order valence-electron chi connectivity index (χ4n) is 2.05. The summed E-state index contributed by atoms with van der Waals surface area (Å²) in [5.74, 6) is -0.676. The monoisotopic (exact) mass is 289 g/mol. The highest BCUT2D eigenvalue weighted by Gasteiger charge is 2.21. The van der Waals surface area contributed by atoms with E-state index in [0.29, 0.717) is 11.5 Å². The molecular formula is C17H23NO3. The summed E-state index contributed by atoms with van der Waals surface area (Å²) in [4.78, 5) is 24.9. The number of carbonyl (C=O) groups excluding carboxylic acids is 1. The Bertz CT molecular complexity index is 561. The average Bonchev–Trinajstić information content (AvgIpc) is 2.43. The molecule has 0 spiro atoms. The topological polar surface area (TPSA) is 57.6 Å². The fraction of sp³-hybridized carbons (Fsp3) is 0.412. The zero-order chi connectivity index (χ0) is 16.2. The summed E-state index contributed by atoms with van der Waals surface area (Å²) in [5, 5.41) is 8.70. The third-order valence-electron chi connectivity index (χ3n) is 3.91. The number of amides is 1. The van der Waals surface area contributed by atoms with Crippen LogP contribution in [0.3, 0.4) is 0 Å². The SMILES string of the molecule is Cc1c(C=CC(=O)O)cccc1C(=O)N(C)C(C)C(C)C. The molecule has 4 nitrogen and oxygen atoms in total. The third kappa shape index (κ3) is 4.18. The van der Waals surface area contributed by atoms with Gasteiger partial charge in [-0.3, -0.25) is 4.79 Å². The van der Waals surface area contributed by atoms with Gasteiger partial charge in [-0.1, -0.05) is 26.0 Å². The summed E-state index contributed by atoms with van der Waals surface area (Å²) in [6, 6.07) is 5.49. The smallest absolute Gasteiger partial charge is 0.328 e. The number of hydrogen-bond acceptors (Lipinski definition) is 2. The van der Waals surface area contributed by atoms with E-state index in [1.807, 2.05) is 13.8 Å². The van der Waals surface area contributed by atoms with Crippen molar-refractivity contribution in [3.8, 4) is 0 Å². The minimum absolute atomic E-state index is 0.0423. The Morgan fingerprint density at radius 1 is 1.24 bits per heavy atom. The second-order valence-electron chi connectivity index (χ2n) is 5.59. The summed E-state index contributed by atoms with van der Waals surface area (Å²) in [5.41, 5.74) is 2.15. The van der Waals surface area contributed by atoms with Gasteiger partial charge in [0.15, 0.2) is 0 Å². The van der Waals surface area contributed by atoms with Gasteiger partial charge in [0.1, 0.15) is 0 Å². The highest BCUT2D eigenvalue weighted by molar-refractivity contribution is 5.97. The van der Waals surface area contributed by atoms with E-state index in [4.69, 9.17) is 5.11 Å². The van der Waals surface area contributed by atoms with Crippen molar-refractivity contribution in [2.24, 2.45) is 5.92 Å². The number of nitrogens with zero attached hydrogens (tertiary/aromatic N) is 1.